The van der Waals surface area contributed by atoms with Gasteiger partial charge in [-0.25, -0.2) is 0 Å². The zero-order valence-corrected chi connectivity index (χ0v) is 13.6. The fraction of sp³-hybridized carbons (Fsp3) is 0.611. The number of ketones is 1. The maximum atomic E-state index is 12.1. The van der Waals surface area contributed by atoms with Gasteiger partial charge >= 0.3 is 0 Å². The minimum Gasteiger partial charge on any atom is -0.294 e. The minimum atomic E-state index is 0.181. The van der Waals surface area contributed by atoms with Gasteiger partial charge in [-0.2, -0.15) is 0 Å². The highest BCUT2D eigenvalue weighted by Gasteiger charge is 2.09. The van der Waals surface area contributed by atoms with Gasteiger partial charge in [0.25, 0.3) is 0 Å². The highest BCUT2D eigenvalue weighted by molar-refractivity contribution is 6.34. The first-order valence-electron chi connectivity index (χ1n) is 7.94. The van der Waals surface area contributed by atoms with Crippen molar-refractivity contribution < 1.29 is 4.79 Å². The van der Waals surface area contributed by atoms with Crippen molar-refractivity contribution in [2.75, 3.05) is 0 Å². The minimum absolute atomic E-state index is 0.181. The predicted octanol–water partition coefficient (Wildman–Crippen LogP) is 6.36. The van der Waals surface area contributed by atoms with E-state index < -0.39 is 0 Å². The largest absolute Gasteiger partial charge is 0.294 e. The molecule has 0 spiro atoms. The van der Waals surface area contributed by atoms with E-state index in [9.17, 15) is 4.79 Å². The third-order valence-electron chi connectivity index (χ3n) is 3.68. The first-order valence-corrected chi connectivity index (χ1v) is 8.32. The molecule has 0 bridgehead atoms. The number of halogens is 1. The van der Waals surface area contributed by atoms with Crippen LogP contribution in [0.2, 0.25) is 5.02 Å². The van der Waals surface area contributed by atoms with E-state index >= 15 is 0 Å². The van der Waals surface area contributed by atoms with Crippen LogP contribution in [0.25, 0.3) is 0 Å². The molecule has 0 aromatic heterocycles. The summed E-state index contributed by atoms with van der Waals surface area (Å²) in [6.07, 6.45) is 10.7. The molecule has 0 heterocycles. The molecule has 1 aromatic rings. The van der Waals surface area contributed by atoms with Crippen molar-refractivity contribution in [1.82, 2.24) is 0 Å². The van der Waals surface area contributed by atoms with E-state index in [0.717, 1.165) is 18.4 Å². The van der Waals surface area contributed by atoms with Gasteiger partial charge in [0.05, 0.1) is 5.02 Å². The van der Waals surface area contributed by atoms with Crippen molar-refractivity contribution in [3.8, 4) is 0 Å². The Morgan fingerprint density at radius 3 is 2.20 bits per heavy atom. The molecule has 0 amide bonds. The average Bonchev–Trinajstić information content (AvgIpc) is 2.41. The smallest absolute Gasteiger partial charge is 0.164 e. The second-order valence-corrected chi connectivity index (χ2v) is 6.04. The summed E-state index contributed by atoms with van der Waals surface area (Å²) in [5.41, 5.74) is 1.78. The lowest BCUT2D eigenvalue weighted by atomic mass is 10.0. The van der Waals surface area contributed by atoms with E-state index in [1.54, 1.807) is 0 Å². The van der Waals surface area contributed by atoms with Gasteiger partial charge in [-0.05, 0) is 31.0 Å². The van der Waals surface area contributed by atoms with Crippen LogP contribution in [0.4, 0.5) is 0 Å². The van der Waals surface area contributed by atoms with Gasteiger partial charge in [-0.1, -0.05) is 69.5 Å². The van der Waals surface area contributed by atoms with Crippen molar-refractivity contribution in [2.24, 2.45) is 0 Å². The average molecular weight is 295 g/mol. The number of carbonyl (C=O) groups is 1. The molecule has 0 unspecified atom stereocenters. The van der Waals surface area contributed by atoms with Gasteiger partial charge < -0.3 is 0 Å². The molecule has 0 saturated heterocycles. The zero-order chi connectivity index (χ0) is 14.8. The number of aryl methyl sites for hydroxylation is 1. The Bertz CT molecular complexity index is 412. The highest BCUT2D eigenvalue weighted by Crippen LogP contribution is 2.20. The first kappa shape index (κ1) is 17.2. The molecule has 1 nitrogen and oxygen atoms in total. The second-order valence-electron chi connectivity index (χ2n) is 5.63. The second kappa shape index (κ2) is 9.99. The van der Waals surface area contributed by atoms with Crippen LogP contribution in [0.5, 0.6) is 0 Å². The summed E-state index contributed by atoms with van der Waals surface area (Å²) in [6.45, 7) is 4.22. The highest BCUT2D eigenvalue weighted by atomic mass is 35.5. The molecule has 0 N–H and O–H groups in total. The molecule has 0 saturated carbocycles. The molecule has 0 radical (unpaired) electrons. The van der Waals surface area contributed by atoms with Gasteiger partial charge in [0.1, 0.15) is 0 Å². The first-order chi connectivity index (χ1) is 9.65. The summed E-state index contributed by atoms with van der Waals surface area (Å²) in [7, 11) is 0. The lowest BCUT2D eigenvalue weighted by Gasteiger charge is -2.05. The van der Waals surface area contributed by atoms with Crippen molar-refractivity contribution >= 4 is 17.4 Å². The Hall–Kier alpha value is -0.820. The Morgan fingerprint density at radius 1 is 1.00 bits per heavy atom. The molecule has 0 aliphatic heterocycles. The number of carbonyl (C=O) groups excluding carboxylic acids is 1. The number of rotatable bonds is 10. The van der Waals surface area contributed by atoms with Crippen LogP contribution in [0, 0.1) is 6.92 Å². The SMILES string of the molecule is CCCCCCCCCCC(=O)c1ccc(C)cc1Cl. The molecule has 0 atom stereocenters. The standard InChI is InChI=1S/C18H27ClO/c1-3-4-5-6-7-8-9-10-11-18(20)16-13-12-15(2)14-17(16)19/h12-14H,3-11H2,1-2H3. The zero-order valence-electron chi connectivity index (χ0n) is 12.9. The fourth-order valence-corrected chi connectivity index (χ4v) is 2.74. The topological polar surface area (TPSA) is 17.1 Å². The molecular formula is C18H27ClO. The summed E-state index contributed by atoms with van der Waals surface area (Å²) in [5.74, 6) is 0.181. The van der Waals surface area contributed by atoms with Gasteiger partial charge in [0, 0.05) is 12.0 Å². The van der Waals surface area contributed by atoms with Crippen molar-refractivity contribution in [2.45, 2.75) is 71.6 Å². The molecule has 112 valence electrons. The Morgan fingerprint density at radius 2 is 1.60 bits per heavy atom. The molecule has 0 aliphatic carbocycles. The summed E-state index contributed by atoms with van der Waals surface area (Å²) in [4.78, 5) is 12.1. The van der Waals surface area contributed by atoms with Crippen molar-refractivity contribution in [1.29, 1.82) is 0 Å². The molecule has 2 heteroatoms. The van der Waals surface area contributed by atoms with Gasteiger partial charge in [-0.3, -0.25) is 4.79 Å². The third kappa shape index (κ3) is 6.56. The molecule has 20 heavy (non-hydrogen) atoms. The number of benzene rings is 1. The Kier molecular flexibility index (Phi) is 8.60. The molecule has 0 aliphatic rings. The van der Waals surface area contributed by atoms with Crippen molar-refractivity contribution in [3.05, 3.63) is 34.3 Å². The lowest BCUT2D eigenvalue weighted by molar-refractivity contribution is 0.0979. The van der Waals surface area contributed by atoms with E-state index in [4.69, 9.17) is 11.6 Å². The molecular weight excluding hydrogens is 268 g/mol. The number of hydrogen-bond acceptors (Lipinski definition) is 1. The maximum Gasteiger partial charge on any atom is 0.164 e. The monoisotopic (exact) mass is 294 g/mol. The molecule has 1 rings (SSSR count). The predicted molar refractivity (Wildman–Crippen MR) is 87.7 cm³/mol. The van der Waals surface area contributed by atoms with Crippen LogP contribution in [0.3, 0.4) is 0 Å². The van der Waals surface area contributed by atoms with Crippen molar-refractivity contribution in [3.63, 3.8) is 0 Å². The van der Waals surface area contributed by atoms with Crippen LogP contribution in [0.15, 0.2) is 18.2 Å². The Balaban J connectivity index is 2.17. The quantitative estimate of drug-likeness (QED) is 0.362. The van der Waals surface area contributed by atoms with Crippen LogP contribution in [0.1, 0.15) is 80.6 Å². The maximum absolute atomic E-state index is 12.1. The van der Waals surface area contributed by atoms with E-state index in [1.165, 1.54) is 38.5 Å². The van der Waals surface area contributed by atoms with Gasteiger partial charge in [-0.15, -0.1) is 0 Å². The number of unbranched alkanes of at least 4 members (excludes halogenated alkanes) is 7. The van der Waals surface area contributed by atoms with E-state index in [-0.39, 0.29) is 5.78 Å². The number of hydrogen-bond donors (Lipinski definition) is 0. The van der Waals surface area contributed by atoms with Crippen LogP contribution in [-0.2, 0) is 0 Å². The molecule has 0 fully saturated rings. The summed E-state index contributed by atoms with van der Waals surface area (Å²) in [5, 5.41) is 0.592. The summed E-state index contributed by atoms with van der Waals surface area (Å²) >= 11 is 6.11. The fourth-order valence-electron chi connectivity index (χ4n) is 2.40. The lowest BCUT2D eigenvalue weighted by Crippen LogP contribution is -2.00. The van der Waals surface area contributed by atoms with E-state index in [1.807, 2.05) is 25.1 Å². The molecule has 1 aromatic carbocycles. The van der Waals surface area contributed by atoms with Gasteiger partial charge in [0.2, 0.25) is 0 Å². The number of Topliss-reactive ketones (excluding diaryl/α,β-unsaturated/α-hetero) is 1. The van der Waals surface area contributed by atoms with Gasteiger partial charge in [0.15, 0.2) is 5.78 Å². The normalized spacial score (nSPS) is 10.8. The van der Waals surface area contributed by atoms with Crippen LogP contribution < -0.4 is 0 Å². The van der Waals surface area contributed by atoms with E-state index in [2.05, 4.69) is 6.92 Å². The summed E-state index contributed by atoms with van der Waals surface area (Å²) < 4.78 is 0. The van der Waals surface area contributed by atoms with E-state index in [0.29, 0.717) is 17.0 Å². The van der Waals surface area contributed by atoms with Crippen LogP contribution >= 0.6 is 11.6 Å². The van der Waals surface area contributed by atoms with Crippen LogP contribution in [-0.4, -0.2) is 5.78 Å². The summed E-state index contributed by atoms with van der Waals surface area (Å²) in [6, 6.07) is 5.67. The Labute approximate surface area is 128 Å². The third-order valence-corrected chi connectivity index (χ3v) is 4.00.